The van der Waals surface area contributed by atoms with Gasteiger partial charge in [-0.2, -0.15) is 0 Å². The highest BCUT2D eigenvalue weighted by molar-refractivity contribution is 5.83. The molecule has 2 rings (SSSR count). The van der Waals surface area contributed by atoms with E-state index in [1.54, 1.807) is 0 Å². The summed E-state index contributed by atoms with van der Waals surface area (Å²) in [7, 11) is 0. The highest BCUT2D eigenvalue weighted by atomic mass is 19.1. The van der Waals surface area contributed by atoms with Gasteiger partial charge in [0.2, 0.25) is 0 Å². The van der Waals surface area contributed by atoms with Crippen molar-refractivity contribution in [3.8, 4) is 0 Å². The molecule has 0 saturated heterocycles. The molecule has 0 bridgehead atoms. The normalized spacial score (nSPS) is 15.3. The fraction of sp³-hybridized carbons (Fsp3) is 0.462. The minimum absolute atomic E-state index is 0.205. The maximum absolute atomic E-state index is 13.0. The molecular weight excluding hydrogens is 191 g/mol. The standard InChI is InChI=1S/C13H15FO/c1-9-6-10(8-12(14)7-9)2-5-13(15)11-3-4-11/h6-8,11H,2-5H2,1H3. The van der Waals surface area contributed by atoms with Gasteiger partial charge >= 0.3 is 0 Å². The second-order valence-electron chi connectivity index (χ2n) is 4.38. The number of ketones is 1. The number of benzene rings is 1. The van der Waals surface area contributed by atoms with E-state index in [-0.39, 0.29) is 5.82 Å². The third-order valence-corrected chi connectivity index (χ3v) is 2.79. The summed E-state index contributed by atoms with van der Waals surface area (Å²) >= 11 is 0. The first kappa shape index (κ1) is 10.3. The van der Waals surface area contributed by atoms with E-state index in [0.717, 1.165) is 24.0 Å². The van der Waals surface area contributed by atoms with Gasteiger partial charge in [-0.1, -0.05) is 6.07 Å². The summed E-state index contributed by atoms with van der Waals surface area (Å²) in [5.74, 6) is 0.459. The summed E-state index contributed by atoms with van der Waals surface area (Å²) in [6.07, 6.45) is 3.35. The molecule has 0 aliphatic heterocycles. The number of Topliss-reactive ketones (excluding diaryl/α,β-unsaturated/α-hetero) is 1. The van der Waals surface area contributed by atoms with Gasteiger partial charge in [-0.3, -0.25) is 4.79 Å². The van der Waals surface area contributed by atoms with Gasteiger partial charge in [0, 0.05) is 12.3 Å². The van der Waals surface area contributed by atoms with Crippen molar-refractivity contribution in [2.75, 3.05) is 0 Å². The molecule has 1 aromatic carbocycles. The van der Waals surface area contributed by atoms with Crippen molar-refractivity contribution in [1.82, 2.24) is 0 Å². The molecule has 2 heteroatoms. The monoisotopic (exact) mass is 206 g/mol. The molecule has 80 valence electrons. The van der Waals surface area contributed by atoms with Crippen molar-refractivity contribution in [3.63, 3.8) is 0 Å². The zero-order chi connectivity index (χ0) is 10.8. The summed E-state index contributed by atoms with van der Waals surface area (Å²) in [6.45, 7) is 1.87. The van der Waals surface area contributed by atoms with Crippen LogP contribution in [-0.4, -0.2) is 5.78 Å². The van der Waals surface area contributed by atoms with Gasteiger partial charge in [0.05, 0.1) is 0 Å². The lowest BCUT2D eigenvalue weighted by Crippen LogP contribution is -2.02. The van der Waals surface area contributed by atoms with Crippen LogP contribution in [0.25, 0.3) is 0 Å². The van der Waals surface area contributed by atoms with Gasteiger partial charge in [0.25, 0.3) is 0 Å². The average molecular weight is 206 g/mol. The molecule has 0 aromatic heterocycles. The highest BCUT2D eigenvalue weighted by Crippen LogP contribution is 2.31. The molecule has 0 amide bonds. The molecule has 0 atom stereocenters. The van der Waals surface area contributed by atoms with Crippen molar-refractivity contribution in [3.05, 3.63) is 35.1 Å². The van der Waals surface area contributed by atoms with Crippen molar-refractivity contribution in [2.45, 2.75) is 32.6 Å². The predicted octanol–water partition coefficient (Wildman–Crippen LogP) is 3.05. The van der Waals surface area contributed by atoms with Crippen molar-refractivity contribution in [2.24, 2.45) is 5.92 Å². The zero-order valence-electron chi connectivity index (χ0n) is 8.92. The van der Waals surface area contributed by atoms with Crippen LogP contribution in [0.1, 0.15) is 30.4 Å². The number of hydrogen-bond acceptors (Lipinski definition) is 1. The summed E-state index contributed by atoms with van der Waals surface area (Å²) in [5, 5.41) is 0. The second-order valence-corrected chi connectivity index (χ2v) is 4.38. The Balaban J connectivity index is 1.94. The van der Waals surface area contributed by atoms with E-state index in [1.165, 1.54) is 12.1 Å². The molecule has 1 nitrogen and oxygen atoms in total. The van der Waals surface area contributed by atoms with Crippen molar-refractivity contribution < 1.29 is 9.18 Å². The summed E-state index contributed by atoms with van der Waals surface area (Å²) in [5.41, 5.74) is 1.85. The van der Waals surface area contributed by atoms with Gasteiger partial charge in [-0.25, -0.2) is 4.39 Å². The van der Waals surface area contributed by atoms with E-state index in [0.29, 0.717) is 24.5 Å². The van der Waals surface area contributed by atoms with E-state index in [1.807, 2.05) is 13.0 Å². The SMILES string of the molecule is Cc1cc(F)cc(CCC(=O)C2CC2)c1. The summed E-state index contributed by atoms with van der Waals surface area (Å²) < 4.78 is 13.0. The number of hydrogen-bond donors (Lipinski definition) is 0. The molecule has 15 heavy (non-hydrogen) atoms. The Morgan fingerprint density at radius 2 is 2.13 bits per heavy atom. The van der Waals surface area contributed by atoms with E-state index in [9.17, 15) is 9.18 Å². The Labute approximate surface area is 89.3 Å². The largest absolute Gasteiger partial charge is 0.299 e. The first-order valence-corrected chi connectivity index (χ1v) is 5.44. The van der Waals surface area contributed by atoms with E-state index in [4.69, 9.17) is 0 Å². The van der Waals surface area contributed by atoms with Gasteiger partial charge in [-0.05, 0) is 49.4 Å². The zero-order valence-corrected chi connectivity index (χ0v) is 8.92. The molecule has 1 aliphatic rings. The smallest absolute Gasteiger partial charge is 0.136 e. The van der Waals surface area contributed by atoms with Gasteiger partial charge in [0.15, 0.2) is 0 Å². The predicted molar refractivity (Wildman–Crippen MR) is 57.2 cm³/mol. The molecule has 0 heterocycles. The number of aryl methyl sites for hydroxylation is 2. The van der Waals surface area contributed by atoms with Crippen molar-refractivity contribution in [1.29, 1.82) is 0 Å². The molecule has 0 spiro atoms. The van der Waals surface area contributed by atoms with E-state index >= 15 is 0 Å². The molecule has 1 aromatic rings. The highest BCUT2D eigenvalue weighted by Gasteiger charge is 2.28. The van der Waals surface area contributed by atoms with Crippen LogP contribution in [0.5, 0.6) is 0 Å². The lowest BCUT2D eigenvalue weighted by atomic mass is 10.0. The third kappa shape index (κ3) is 2.88. The molecule has 1 saturated carbocycles. The first-order valence-electron chi connectivity index (χ1n) is 5.44. The minimum Gasteiger partial charge on any atom is -0.299 e. The molecule has 0 radical (unpaired) electrons. The van der Waals surface area contributed by atoms with Gasteiger partial charge < -0.3 is 0 Å². The summed E-state index contributed by atoms with van der Waals surface area (Å²) in [4.78, 5) is 11.5. The van der Waals surface area contributed by atoms with Crippen LogP contribution < -0.4 is 0 Å². The van der Waals surface area contributed by atoms with Crippen LogP contribution in [0.15, 0.2) is 18.2 Å². The maximum atomic E-state index is 13.0. The Morgan fingerprint density at radius 1 is 1.40 bits per heavy atom. The lowest BCUT2D eigenvalue weighted by Gasteiger charge is -2.02. The Morgan fingerprint density at radius 3 is 2.73 bits per heavy atom. The Bertz CT molecular complexity index is 360. The third-order valence-electron chi connectivity index (χ3n) is 2.79. The molecular formula is C13H15FO. The Kier molecular flexibility index (Phi) is 2.85. The number of halogens is 1. The maximum Gasteiger partial charge on any atom is 0.136 e. The van der Waals surface area contributed by atoms with Crippen LogP contribution in [-0.2, 0) is 11.2 Å². The number of carbonyl (C=O) groups is 1. The van der Waals surface area contributed by atoms with Gasteiger partial charge in [0.1, 0.15) is 11.6 Å². The topological polar surface area (TPSA) is 17.1 Å². The van der Waals surface area contributed by atoms with Crippen LogP contribution in [0, 0.1) is 18.7 Å². The van der Waals surface area contributed by atoms with Crippen molar-refractivity contribution >= 4 is 5.78 Å². The first-order chi connectivity index (χ1) is 7.15. The average Bonchev–Trinajstić information content (AvgIpc) is 2.95. The van der Waals surface area contributed by atoms with Crippen LogP contribution in [0.2, 0.25) is 0 Å². The fourth-order valence-corrected chi connectivity index (χ4v) is 1.83. The van der Waals surface area contributed by atoms with E-state index in [2.05, 4.69) is 0 Å². The quantitative estimate of drug-likeness (QED) is 0.740. The van der Waals surface area contributed by atoms with Crippen LogP contribution >= 0.6 is 0 Å². The molecule has 1 aliphatic carbocycles. The Hall–Kier alpha value is -1.18. The molecule has 0 unspecified atom stereocenters. The minimum atomic E-state index is -0.205. The molecule has 0 N–H and O–H groups in total. The lowest BCUT2D eigenvalue weighted by molar-refractivity contribution is -0.120. The number of carbonyl (C=O) groups excluding carboxylic acids is 1. The molecule has 1 fully saturated rings. The van der Waals surface area contributed by atoms with E-state index < -0.39 is 0 Å². The van der Waals surface area contributed by atoms with Crippen LogP contribution in [0.4, 0.5) is 4.39 Å². The fourth-order valence-electron chi connectivity index (χ4n) is 1.83. The summed E-state index contributed by atoms with van der Waals surface area (Å²) in [6, 6.07) is 4.97. The van der Waals surface area contributed by atoms with Crippen LogP contribution in [0.3, 0.4) is 0 Å². The van der Waals surface area contributed by atoms with Gasteiger partial charge in [-0.15, -0.1) is 0 Å². The second kappa shape index (κ2) is 4.13. The number of rotatable bonds is 4.